The Labute approximate surface area is 99.5 Å². The minimum Gasteiger partial charge on any atom is -0.485 e. The van der Waals surface area contributed by atoms with E-state index >= 15 is 0 Å². The molecule has 0 radical (unpaired) electrons. The summed E-state index contributed by atoms with van der Waals surface area (Å²) in [5.41, 5.74) is 0.734. The Morgan fingerprint density at radius 2 is 2.12 bits per heavy atom. The van der Waals surface area contributed by atoms with Crippen molar-refractivity contribution in [2.75, 3.05) is 13.2 Å². The van der Waals surface area contributed by atoms with Crippen molar-refractivity contribution < 1.29 is 18.3 Å². The van der Waals surface area contributed by atoms with E-state index in [1.165, 1.54) is 6.07 Å². The van der Waals surface area contributed by atoms with E-state index in [-0.39, 0.29) is 17.8 Å². The van der Waals surface area contributed by atoms with Crippen LogP contribution in [0.5, 0.6) is 5.75 Å². The molecule has 2 nitrogen and oxygen atoms in total. The molecular weight excluding hydrogens is 226 g/mol. The van der Waals surface area contributed by atoms with Gasteiger partial charge in [0.15, 0.2) is 11.6 Å². The molecule has 0 aliphatic carbocycles. The second kappa shape index (κ2) is 5.00. The maximum Gasteiger partial charge on any atom is 0.200 e. The number of hydrogen-bond donors (Lipinski definition) is 0. The quantitative estimate of drug-likeness (QED) is 0.810. The molecule has 0 N–H and O–H groups in total. The minimum atomic E-state index is -0.915. The van der Waals surface area contributed by atoms with Gasteiger partial charge in [0.1, 0.15) is 6.10 Å². The first-order valence-electron chi connectivity index (χ1n) is 5.81. The normalized spacial score (nSPS) is 19.9. The molecule has 2 rings (SSSR count). The molecule has 1 fully saturated rings. The van der Waals surface area contributed by atoms with Crippen molar-refractivity contribution in [2.45, 2.75) is 32.3 Å². The predicted molar refractivity (Wildman–Crippen MR) is 60.3 cm³/mol. The van der Waals surface area contributed by atoms with Gasteiger partial charge in [0, 0.05) is 6.42 Å². The van der Waals surface area contributed by atoms with Crippen LogP contribution >= 0.6 is 0 Å². The Bertz CT molecular complexity index is 399. The second-order valence-electron chi connectivity index (χ2n) is 4.57. The average Bonchev–Trinajstić information content (AvgIpc) is 2.77. The van der Waals surface area contributed by atoms with Crippen LogP contribution in [-0.4, -0.2) is 19.3 Å². The smallest absolute Gasteiger partial charge is 0.200 e. The van der Waals surface area contributed by atoms with Crippen LogP contribution in [0, 0.1) is 11.6 Å². The monoisotopic (exact) mass is 242 g/mol. The number of hydrogen-bond acceptors (Lipinski definition) is 2. The highest BCUT2D eigenvalue weighted by Crippen LogP contribution is 2.28. The lowest BCUT2D eigenvalue weighted by Crippen LogP contribution is -2.17. The third-order valence-electron chi connectivity index (χ3n) is 2.87. The topological polar surface area (TPSA) is 18.5 Å². The van der Waals surface area contributed by atoms with Crippen molar-refractivity contribution >= 4 is 0 Å². The van der Waals surface area contributed by atoms with Crippen molar-refractivity contribution in [1.82, 2.24) is 0 Å². The molecule has 1 atom stereocenters. The van der Waals surface area contributed by atoms with Gasteiger partial charge in [-0.1, -0.05) is 13.8 Å². The van der Waals surface area contributed by atoms with Gasteiger partial charge in [0.2, 0.25) is 5.82 Å². The van der Waals surface area contributed by atoms with Crippen LogP contribution in [0.1, 0.15) is 31.7 Å². The van der Waals surface area contributed by atoms with Crippen molar-refractivity contribution in [1.29, 1.82) is 0 Å². The van der Waals surface area contributed by atoms with Crippen LogP contribution in [0.4, 0.5) is 8.78 Å². The van der Waals surface area contributed by atoms with Crippen LogP contribution in [0.25, 0.3) is 0 Å². The molecule has 1 aliphatic heterocycles. The minimum absolute atomic E-state index is 0.01000. The van der Waals surface area contributed by atoms with Crippen LogP contribution in [0.15, 0.2) is 12.1 Å². The van der Waals surface area contributed by atoms with Gasteiger partial charge >= 0.3 is 0 Å². The summed E-state index contributed by atoms with van der Waals surface area (Å²) in [7, 11) is 0. The summed E-state index contributed by atoms with van der Waals surface area (Å²) in [6.45, 7) is 4.90. The fraction of sp³-hybridized carbons (Fsp3) is 0.538. The molecule has 94 valence electrons. The van der Waals surface area contributed by atoms with Crippen molar-refractivity contribution in [3.8, 4) is 5.75 Å². The summed E-state index contributed by atoms with van der Waals surface area (Å²) in [6.07, 6.45) is 0.541. The first-order valence-corrected chi connectivity index (χ1v) is 5.81. The van der Waals surface area contributed by atoms with E-state index < -0.39 is 11.6 Å². The fourth-order valence-corrected chi connectivity index (χ4v) is 1.79. The highest BCUT2D eigenvalue weighted by atomic mass is 19.2. The molecule has 1 aliphatic rings. The van der Waals surface area contributed by atoms with E-state index in [2.05, 4.69) is 0 Å². The summed E-state index contributed by atoms with van der Waals surface area (Å²) < 4.78 is 37.5. The summed E-state index contributed by atoms with van der Waals surface area (Å²) in [4.78, 5) is 0. The predicted octanol–water partition coefficient (Wildman–Crippen LogP) is 3.26. The molecule has 4 heteroatoms. The lowest BCUT2D eigenvalue weighted by atomic mass is 10.0. The third kappa shape index (κ3) is 2.75. The van der Waals surface area contributed by atoms with Gasteiger partial charge in [-0.05, 0) is 23.6 Å². The molecular formula is C13H16F2O2. The number of ether oxygens (including phenoxy) is 2. The largest absolute Gasteiger partial charge is 0.485 e. The Kier molecular flexibility index (Phi) is 3.62. The molecule has 1 heterocycles. The zero-order valence-corrected chi connectivity index (χ0v) is 10.0. The molecule has 1 saturated heterocycles. The first-order chi connectivity index (χ1) is 8.08. The van der Waals surface area contributed by atoms with Crippen molar-refractivity contribution in [3.63, 3.8) is 0 Å². The lowest BCUT2D eigenvalue weighted by Gasteiger charge is -2.15. The van der Waals surface area contributed by atoms with Crippen LogP contribution in [0.3, 0.4) is 0 Å². The highest BCUT2D eigenvalue weighted by Gasteiger charge is 2.21. The van der Waals surface area contributed by atoms with Crippen molar-refractivity contribution in [2.24, 2.45) is 0 Å². The van der Waals surface area contributed by atoms with Gasteiger partial charge in [-0.3, -0.25) is 0 Å². The fourth-order valence-electron chi connectivity index (χ4n) is 1.79. The van der Waals surface area contributed by atoms with Gasteiger partial charge in [-0.2, -0.15) is 4.39 Å². The lowest BCUT2D eigenvalue weighted by molar-refractivity contribution is 0.137. The number of halogens is 2. The summed E-state index contributed by atoms with van der Waals surface area (Å²) >= 11 is 0. The van der Waals surface area contributed by atoms with Crippen molar-refractivity contribution in [3.05, 3.63) is 29.3 Å². The zero-order chi connectivity index (χ0) is 12.4. The Morgan fingerprint density at radius 3 is 2.71 bits per heavy atom. The first kappa shape index (κ1) is 12.3. The van der Waals surface area contributed by atoms with Crippen LogP contribution in [0.2, 0.25) is 0 Å². The standard InChI is InChI=1S/C13H16F2O2/c1-8(2)9-5-11(14)13(15)12(6-9)17-10-3-4-16-7-10/h5-6,8,10H,3-4,7H2,1-2H3. The number of benzene rings is 1. The summed E-state index contributed by atoms with van der Waals surface area (Å²) in [6, 6.07) is 2.79. The molecule has 1 aromatic carbocycles. The van der Waals surface area contributed by atoms with Gasteiger partial charge in [0.25, 0.3) is 0 Å². The SMILES string of the molecule is CC(C)c1cc(F)c(F)c(OC2CCOC2)c1. The molecule has 1 aromatic rings. The molecule has 0 saturated carbocycles. The van der Waals surface area contributed by atoms with E-state index in [1.807, 2.05) is 13.8 Å². The summed E-state index contributed by atoms with van der Waals surface area (Å²) in [5, 5.41) is 0. The molecule has 0 aromatic heterocycles. The van der Waals surface area contributed by atoms with E-state index in [4.69, 9.17) is 9.47 Å². The maximum absolute atomic E-state index is 13.6. The zero-order valence-electron chi connectivity index (χ0n) is 10.0. The van der Waals surface area contributed by atoms with Crippen LogP contribution in [-0.2, 0) is 4.74 Å². The highest BCUT2D eigenvalue weighted by molar-refractivity contribution is 5.33. The van der Waals surface area contributed by atoms with Gasteiger partial charge in [0.05, 0.1) is 13.2 Å². The van der Waals surface area contributed by atoms with E-state index in [0.717, 1.165) is 5.56 Å². The molecule has 1 unspecified atom stereocenters. The Balaban J connectivity index is 2.24. The number of rotatable bonds is 3. The van der Waals surface area contributed by atoms with Crippen LogP contribution < -0.4 is 4.74 Å². The van der Waals surface area contributed by atoms with Gasteiger partial charge < -0.3 is 9.47 Å². The van der Waals surface area contributed by atoms with Gasteiger partial charge in [-0.25, -0.2) is 4.39 Å². The Hall–Kier alpha value is -1.16. The average molecular weight is 242 g/mol. The van der Waals surface area contributed by atoms with E-state index in [9.17, 15) is 8.78 Å². The second-order valence-corrected chi connectivity index (χ2v) is 4.57. The third-order valence-corrected chi connectivity index (χ3v) is 2.87. The molecule has 17 heavy (non-hydrogen) atoms. The Morgan fingerprint density at radius 1 is 1.35 bits per heavy atom. The summed E-state index contributed by atoms with van der Waals surface area (Å²) in [5.74, 6) is -1.65. The maximum atomic E-state index is 13.6. The van der Waals surface area contributed by atoms with Gasteiger partial charge in [-0.15, -0.1) is 0 Å². The molecule has 0 spiro atoms. The molecule has 0 amide bonds. The molecule has 0 bridgehead atoms. The van der Waals surface area contributed by atoms with E-state index in [1.54, 1.807) is 6.07 Å². The van der Waals surface area contributed by atoms with E-state index in [0.29, 0.717) is 19.6 Å².